The molecule has 0 radical (unpaired) electrons. The summed E-state index contributed by atoms with van der Waals surface area (Å²) in [5.74, 6) is 1.49. The maximum Gasteiger partial charge on any atom is 0.419 e. The summed E-state index contributed by atoms with van der Waals surface area (Å²) in [5, 5.41) is 0. The van der Waals surface area contributed by atoms with E-state index < -0.39 is 0 Å². The van der Waals surface area contributed by atoms with Crippen molar-refractivity contribution >= 4 is 5.82 Å². The zero-order valence-corrected chi connectivity index (χ0v) is 9.63. The summed E-state index contributed by atoms with van der Waals surface area (Å²) in [5.41, 5.74) is 1.15. The van der Waals surface area contributed by atoms with Crippen molar-refractivity contribution in [2.45, 2.75) is 6.54 Å². The molecule has 0 atom stereocenters. The van der Waals surface area contributed by atoms with E-state index in [4.69, 9.17) is 11.3 Å². The maximum atomic E-state index is 7.10. The molecule has 0 saturated carbocycles. The molecule has 0 spiro atoms. The van der Waals surface area contributed by atoms with Gasteiger partial charge in [-0.05, 0) is 30.3 Å². The van der Waals surface area contributed by atoms with E-state index in [1.54, 1.807) is 7.11 Å². The van der Waals surface area contributed by atoms with Crippen molar-refractivity contribution < 1.29 is 9.30 Å². The normalized spacial score (nSPS) is 9.65. The monoisotopic (exact) mass is 225 g/mol. The molecule has 0 N–H and O–H groups in total. The Labute approximate surface area is 101 Å². The molecule has 1 aromatic heterocycles. The number of pyridine rings is 1. The van der Waals surface area contributed by atoms with E-state index in [0.717, 1.165) is 11.3 Å². The lowest BCUT2D eigenvalue weighted by Crippen LogP contribution is -2.33. The van der Waals surface area contributed by atoms with Gasteiger partial charge in [-0.15, -0.1) is 0 Å². The summed E-state index contributed by atoms with van der Waals surface area (Å²) in [6, 6.07) is 13.5. The number of methoxy groups -OCH3 is 1. The first-order valence-electron chi connectivity index (χ1n) is 5.32. The molecule has 2 rings (SSSR count). The Morgan fingerprint density at radius 3 is 2.59 bits per heavy atom. The van der Waals surface area contributed by atoms with Crippen molar-refractivity contribution in [2.24, 2.45) is 0 Å². The van der Waals surface area contributed by atoms with Crippen molar-refractivity contribution in [3.63, 3.8) is 0 Å². The highest BCUT2D eigenvalue weighted by molar-refractivity contribution is 5.29. The van der Waals surface area contributed by atoms with Gasteiger partial charge in [0.1, 0.15) is 12.3 Å². The lowest BCUT2D eigenvalue weighted by molar-refractivity contribution is -0.673. The van der Waals surface area contributed by atoms with Crippen molar-refractivity contribution in [1.29, 1.82) is 0 Å². The topological polar surface area (TPSA) is 17.5 Å². The molecule has 0 saturated heterocycles. The van der Waals surface area contributed by atoms with Crippen LogP contribution in [0.2, 0.25) is 0 Å². The summed E-state index contributed by atoms with van der Waals surface area (Å²) >= 11 is 0. The average Bonchev–Trinajstić information content (AvgIpc) is 2.40. The van der Waals surface area contributed by atoms with Gasteiger partial charge < -0.3 is 4.74 Å². The van der Waals surface area contributed by atoms with Gasteiger partial charge in [-0.1, -0.05) is 6.07 Å². The Bertz CT molecular complexity index is 541. The van der Waals surface area contributed by atoms with E-state index in [9.17, 15) is 0 Å². The Balaban J connectivity index is 2.23. The zero-order chi connectivity index (χ0) is 12.1. The van der Waals surface area contributed by atoms with Crippen molar-refractivity contribution in [3.8, 4) is 5.75 Å². The van der Waals surface area contributed by atoms with Crippen LogP contribution in [0.5, 0.6) is 5.75 Å². The number of hydrogen-bond acceptors (Lipinski definition) is 1. The van der Waals surface area contributed by atoms with E-state index in [1.807, 2.05) is 53.2 Å². The van der Waals surface area contributed by atoms with E-state index in [0.29, 0.717) is 12.4 Å². The summed E-state index contributed by atoms with van der Waals surface area (Å²) in [4.78, 5) is 3.49. The van der Waals surface area contributed by atoms with E-state index >= 15 is 0 Å². The fourth-order valence-corrected chi connectivity index (χ4v) is 1.63. The van der Waals surface area contributed by atoms with Crippen LogP contribution in [0, 0.1) is 6.57 Å². The number of hydrogen-bond donors (Lipinski definition) is 0. The summed E-state index contributed by atoms with van der Waals surface area (Å²) < 4.78 is 7.03. The Kier molecular flexibility index (Phi) is 3.37. The average molecular weight is 225 g/mol. The molecule has 3 heteroatoms. The van der Waals surface area contributed by atoms with Crippen LogP contribution in [0.15, 0.2) is 48.7 Å². The molecule has 0 bridgehead atoms. The largest absolute Gasteiger partial charge is 0.497 e. The third-order valence-electron chi connectivity index (χ3n) is 2.54. The Morgan fingerprint density at radius 1 is 1.18 bits per heavy atom. The van der Waals surface area contributed by atoms with E-state index in [1.165, 1.54) is 0 Å². The predicted octanol–water partition coefficient (Wildman–Crippen LogP) is 2.58. The highest BCUT2D eigenvalue weighted by Crippen LogP contribution is 2.12. The molecule has 0 aliphatic heterocycles. The summed E-state index contributed by atoms with van der Waals surface area (Å²) in [6.45, 7) is 7.80. The van der Waals surface area contributed by atoms with Gasteiger partial charge in [0.25, 0.3) is 0 Å². The van der Waals surface area contributed by atoms with Crippen LogP contribution in [-0.4, -0.2) is 7.11 Å². The van der Waals surface area contributed by atoms with Gasteiger partial charge >= 0.3 is 5.82 Å². The van der Waals surface area contributed by atoms with Crippen LogP contribution < -0.4 is 9.30 Å². The van der Waals surface area contributed by atoms with Crippen LogP contribution in [0.4, 0.5) is 5.82 Å². The van der Waals surface area contributed by atoms with Crippen LogP contribution in [0.3, 0.4) is 0 Å². The minimum absolute atomic E-state index is 0.642. The van der Waals surface area contributed by atoms with Gasteiger partial charge in [0.05, 0.1) is 7.11 Å². The van der Waals surface area contributed by atoms with E-state index in [-0.39, 0.29) is 0 Å². The second-order valence-electron chi connectivity index (χ2n) is 3.65. The lowest BCUT2D eigenvalue weighted by atomic mass is 10.2. The molecular weight excluding hydrogens is 212 g/mol. The molecule has 0 amide bonds. The minimum atomic E-state index is 0.642. The molecule has 0 unspecified atom stereocenters. The standard InChI is InChI=1S/C14H13N2O/c1-15-14-5-3-4-10-16(14)11-12-6-8-13(17-2)9-7-12/h3-10H,11H2,2H3/q+1. The molecule has 3 nitrogen and oxygen atoms in total. The molecule has 0 aliphatic rings. The molecule has 0 aliphatic carbocycles. The maximum absolute atomic E-state index is 7.10. The third kappa shape index (κ3) is 2.61. The molecule has 0 fully saturated rings. The van der Waals surface area contributed by atoms with Gasteiger partial charge in [0.15, 0.2) is 12.7 Å². The van der Waals surface area contributed by atoms with Crippen molar-refractivity contribution in [1.82, 2.24) is 0 Å². The zero-order valence-electron chi connectivity index (χ0n) is 9.63. The first-order chi connectivity index (χ1) is 8.33. The number of ether oxygens (including phenoxy) is 1. The fraction of sp³-hybridized carbons (Fsp3) is 0.143. The molecule has 2 aromatic rings. The van der Waals surface area contributed by atoms with Gasteiger partial charge in [-0.2, -0.15) is 4.85 Å². The lowest BCUT2D eigenvalue weighted by Gasteiger charge is -2.01. The minimum Gasteiger partial charge on any atom is -0.497 e. The molecule has 1 aromatic carbocycles. The number of rotatable bonds is 3. The highest BCUT2D eigenvalue weighted by Gasteiger charge is 2.09. The molecule has 17 heavy (non-hydrogen) atoms. The fourth-order valence-electron chi connectivity index (χ4n) is 1.63. The first-order valence-corrected chi connectivity index (χ1v) is 5.32. The molecule has 1 heterocycles. The first kappa shape index (κ1) is 11.2. The van der Waals surface area contributed by atoms with Crippen molar-refractivity contribution in [2.75, 3.05) is 7.11 Å². The summed E-state index contributed by atoms with van der Waals surface area (Å²) in [7, 11) is 1.65. The Morgan fingerprint density at radius 2 is 1.94 bits per heavy atom. The smallest absolute Gasteiger partial charge is 0.419 e. The number of aromatic nitrogens is 1. The van der Waals surface area contributed by atoms with Gasteiger partial charge in [0.2, 0.25) is 0 Å². The second-order valence-corrected chi connectivity index (χ2v) is 3.65. The van der Waals surface area contributed by atoms with Crippen LogP contribution in [0.25, 0.3) is 4.85 Å². The van der Waals surface area contributed by atoms with E-state index in [2.05, 4.69) is 4.85 Å². The van der Waals surface area contributed by atoms with Gasteiger partial charge in [-0.25, -0.2) is 4.57 Å². The second kappa shape index (κ2) is 5.13. The summed E-state index contributed by atoms with van der Waals surface area (Å²) in [6.07, 6.45) is 1.91. The molecule has 84 valence electrons. The predicted molar refractivity (Wildman–Crippen MR) is 65.0 cm³/mol. The number of benzene rings is 1. The van der Waals surface area contributed by atoms with Gasteiger partial charge in [-0.3, -0.25) is 0 Å². The van der Waals surface area contributed by atoms with Crippen LogP contribution in [-0.2, 0) is 6.54 Å². The van der Waals surface area contributed by atoms with Crippen LogP contribution in [0.1, 0.15) is 5.56 Å². The SMILES string of the molecule is [C-]#[N+]c1cccc[n+]1Cc1ccc(OC)cc1. The van der Waals surface area contributed by atoms with Crippen molar-refractivity contribution in [3.05, 3.63) is 65.6 Å². The molecular formula is C14H13N2O+. The third-order valence-corrected chi connectivity index (χ3v) is 2.54. The highest BCUT2D eigenvalue weighted by atomic mass is 16.5. The Hall–Kier alpha value is -2.34. The number of nitrogens with zero attached hydrogens (tertiary/aromatic N) is 2. The van der Waals surface area contributed by atoms with Crippen LogP contribution >= 0.6 is 0 Å². The van der Waals surface area contributed by atoms with Gasteiger partial charge in [0, 0.05) is 11.6 Å². The quantitative estimate of drug-likeness (QED) is 0.579.